The van der Waals surface area contributed by atoms with Gasteiger partial charge in [0.1, 0.15) is 0 Å². The van der Waals surface area contributed by atoms with Crippen LogP contribution in [0.1, 0.15) is 27.7 Å². The van der Waals surface area contributed by atoms with Crippen LogP contribution < -0.4 is 5.32 Å². The Bertz CT molecular complexity index is 200. The lowest BCUT2D eigenvalue weighted by atomic mass is 9.74. The maximum atomic E-state index is 4.74. The maximum Gasteiger partial charge on any atom is 0.0713 e. The molecule has 3 aliphatic rings. The normalized spacial score (nSPS) is 59.2. The summed E-state index contributed by atoms with van der Waals surface area (Å²) >= 11 is 4.74. The van der Waals surface area contributed by atoms with Gasteiger partial charge in [-0.25, -0.2) is 0 Å². The fraction of sp³-hybridized carbons (Fsp3) is 1.00. The molecule has 0 aromatic rings. The van der Waals surface area contributed by atoms with Gasteiger partial charge >= 0.3 is 0 Å². The molecular formula is C9H17NS. The summed E-state index contributed by atoms with van der Waals surface area (Å²) in [7, 11) is 0. The predicted molar refractivity (Wildman–Crippen MR) is 50.7 cm³/mol. The standard InChI is InChI=1S/C9H17NS/c1-5-6(2)9(11)8(3,4)7(5)10-9/h5-7,10-11H,1-4H3. The van der Waals surface area contributed by atoms with Gasteiger partial charge < -0.3 is 0 Å². The highest BCUT2D eigenvalue weighted by atomic mass is 32.1. The minimum Gasteiger partial charge on any atom is -0.299 e. The Balaban J connectivity index is 2.37. The first-order valence-electron chi connectivity index (χ1n) is 4.41. The second kappa shape index (κ2) is 1.80. The summed E-state index contributed by atoms with van der Waals surface area (Å²) in [5, 5.41) is 3.55. The van der Waals surface area contributed by atoms with Gasteiger partial charge in [-0.05, 0) is 11.8 Å². The zero-order valence-corrected chi connectivity index (χ0v) is 8.57. The van der Waals surface area contributed by atoms with E-state index in [9.17, 15) is 0 Å². The number of hydrogen-bond acceptors (Lipinski definition) is 2. The van der Waals surface area contributed by atoms with Crippen LogP contribution in [0.15, 0.2) is 0 Å². The summed E-state index contributed by atoms with van der Waals surface area (Å²) in [5.41, 5.74) is 0.384. The van der Waals surface area contributed by atoms with Crippen LogP contribution in [0.25, 0.3) is 0 Å². The average molecular weight is 171 g/mol. The van der Waals surface area contributed by atoms with Gasteiger partial charge in [-0.15, -0.1) is 0 Å². The molecule has 0 aromatic carbocycles. The van der Waals surface area contributed by atoms with Gasteiger partial charge in [0.25, 0.3) is 0 Å². The van der Waals surface area contributed by atoms with Gasteiger partial charge in [-0.2, -0.15) is 12.6 Å². The van der Waals surface area contributed by atoms with Gasteiger partial charge in [-0.3, -0.25) is 5.32 Å². The summed E-state index contributed by atoms with van der Waals surface area (Å²) in [6.07, 6.45) is 0. The summed E-state index contributed by atoms with van der Waals surface area (Å²) in [6, 6.07) is 0.690. The Morgan fingerprint density at radius 2 is 1.82 bits per heavy atom. The van der Waals surface area contributed by atoms with Gasteiger partial charge in [-0.1, -0.05) is 27.7 Å². The molecule has 4 unspecified atom stereocenters. The molecule has 2 heteroatoms. The zero-order valence-electron chi connectivity index (χ0n) is 7.68. The molecule has 11 heavy (non-hydrogen) atoms. The SMILES string of the molecule is CC1C2NC(S)(C1C)C2(C)C. The number of thiol groups is 1. The molecule has 0 aromatic heterocycles. The Labute approximate surface area is 74.4 Å². The first kappa shape index (κ1) is 7.93. The zero-order chi connectivity index (χ0) is 8.44. The Kier molecular flexibility index (Phi) is 1.29. The van der Waals surface area contributed by atoms with Crippen LogP contribution in [-0.4, -0.2) is 10.9 Å². The van der Waals surface area contributed by atoms with Crippen LogP contribution in [0.5, 0.6) is 0 Å². The lowest BCUT2D eigenvalue weighted by Gasteiger charge is -2.54. The third-order valence-electron chi connectivity index (χ3n) is 4.11. The molecule has 2 saturated heterocycles. The number of nitrogens with one attached hydrogen (secondary N) is 1. The average Bonchev–Trinajstić information content (AvgIpc) is 2.22. The smallest absolute Gasteiger partial charge is 0.0713 e. The Morgan fingerprint density at radius 1 is 1.27 bits per heavy atom. The Morgan fingerprint density at radius 3 is 1.91 bits per heavy atom. The molecular weight excluding hydrogens is 154 g/mol. The molecule has 1 N–H and O–H groups in total. The molecule has 0 radical (unpaired) electrons. The van der Waals surface area contributed by atoms with E-state index in [-0.39, 0.29) is 4.87 Å². The third kappa shape index (κ3) is 0.605. The van der Waals surface area contributed by atoms with Crippen molar-refractivity contribution in [3.05, 3.63) is 0 Å². The third-order valence-corrected chi connectivity index (χ3v) is 5.22. The van der Waals surface area contributed by atoms with Crippen molar-refractivity contribution in [2.75, 3.05) is 0 Å². The highest BCUT2D eigenvalue weighted by molar-refractivity contribution is 7.82. The minimum absolute atomic E-state index is 0.108. The summed E-state index contributed by atoms with van der Waals surface area (Å²) < 4.78 is 0. The lowest BCUT2D eigenvalue weighted by molar-refractivity contribution is 0.0729. The molecule has 2 bridgehead atoms. The van der Waals surface area contributed by atoms with E-state index in [4.69, 9.17) is 12.6 Å². The quantitative estimate of drug-likeness (QED) is 0.530. The van der Waals surface area contributed by atoms with Gasteiger partial charge in [0.05, 0.1) is 4.87 Å². The van der Waals surface area contributed by atoms with Crippen LogP contribution in [0, 0.1) is 17.3 Å². The summed E-state index contributed by atoms with van der Waals surface area (Å²) in [4.78, 5) is 0.108. The molecule has 0 spiro atoms. The fourth-order valence-corrected chi connectivity index (χ4v) is 3.45. The van der Waals surface area contributed by atoms with Crippen molar-refractivity contribution in [3.63, 3.8) is 0 Å². The molecule has 1 nitrogen and oxygen atoms in total. The van der Waals surface area contributed by atoms with E-state index >= 15 is 0 Å². The van der Waals surface area contributed by atoms with Crippen molar-refractivity contribution in [2.45, 2.75) is 38.6 Å². The van der Waals surface area contributed by atoms with Crippen LogP contribution >= 0.6 is 12.6 Å². The van der Waals surface area contributed by atoms with Crippen molar-refractivity contribution in [3.8, 4) is 0 Å². The van der Waals surface area contributed by atoms with Crippen molar-refractivity contribution in [2.24, 2.45) is 17.3 Å². The van der Waals surface area contributed by atoms with Crippen molar-refractivity contribution >= 4 is 12.6 Å². The van der Waals surface area contributed by atoms with E-state index in [2.05, 4.69) is 33.0 Å². The van der Waals surface area contributed by atoms with Crippen LogP contribution in [-0.2, 0) is 0 Å². The van der Waals surface area contributed by atoms with E-state index in [1.54, 1.807) is 0 Å². The first-order valence-corrected chi connectivity index (χ1v) is 4.86. The van der Waals surface area contributed by atoms with Gasteiger partial charge in [0.2, 0.25) is 0 Å². The maximum absolute atomic E-state index is 4.74. The van der Waals surface area contributed by atoms with Crippen molar-refractivity contribution in [1.29, 1.82) is 0 Å². The molecule has 1 aliphatic carbocycles. The summed E-state index contributed by atoms with van der Waals surface area (Å²) in [5.74, 6) is 1.48. The largest absolute Gasteiger partial charge is 0.299 e. The molecule has 3 fully saturated rings. The number of hydrogen-bond donors (Lipinski definition) is 2. The molecule has 64 valence electrons. The molecule has 4 atom stereocenters. The van der Waals surface area contributed by atoms with Crippen LogP contribution in [0.3, 0.4) is 0 Å². The minimum atomic E-state index is 0.108. The first-order chi connectivity index (χ1) is 4.91. The lowest BCUT2D eigenvalue weighted by Crippen LogP contribution is -2.69. The number of rotatable bonds is 0. The van der Waals surface area contributed by atoms with Crippen molar-refractivity contribution in [1.82, 2.24) is 5.32 Å². The van der Waals surface area contributed by atoms with E-state index < -0.39 is 0 Å². The van der Waals surface area contributed by atoms with E-state index in [0.717, 1.165) is 5.92 Å². The van der Waals surface area contributed by atoms with Gasteiger partial charge in [0.15, 0.2) is 0 Å². The molecule has 2 heterocycles. The molecule has 1 saturated carbocycles. The van der Waals surface area contributed by atoms with Crippen LogP contribution in [0.4, 0.5) is 0 Å². The topological polar surface area (TPSA) is 12.0 Å². The number of fused-ring (bicyclic) bond motifs is 1. The van der Waals surface area contributed by atoms with E-state index in [1.807, 2.05) is 0 Å². The van der Waals surface area contributed by atoms with Gasteiger partial charge in [0, 0.05) is 11.5 Å². The van der Waals surface area contributed by atoms with Crippen molar-refractivity contribution < 1.29 is 0 Å². The van der Waals surface area contributed by atoms with E-state index in [0.29, 0.717) is 17.4 Å². The van der Waals surface area contributed by atoms with E-state index in [1.165, 1.54) is 0 Å². The highest BCUT2D eigenvalue weighted by Crippen LogP contribution is 2.62. The van der Waals surface area contributed by atoms with Crippen LogP contribution in [0.2, 0.25) is 0 Å². The molecule has 0 amide bonds. The highest BCUT2D eigenvalue weighted by Gasteiger charge is 2.69. The second-order valence-electron chi connectivity index (χ2n) is 4.76. The monoisotopic (exact) mass is 171 g/mol. The summed E-state index contributed by atoms with van der Waals surface area (Å²) in [6.45, 7) is 9.27. The second-order valence-corrected chi connectivity index (χ2v) is 5.46. The molecule has 2 aliphatic heterocycles. The predicted octanol–water partition coefficient (Wildman–Crippen LogP) is 1.90. The fourth-order valence-electron chi connectivity index (χ4n) is 2.94. The Hall–Kier alpha value is 0.310. The molecule has 3 rings (SSSR count).